The van der Waals surface area contributed by atoms with Crippen LogP contribution in [-0.2, 0) is 9.47 Å². The fourth-order valence-corrected chi connectivity index (χ4v) is 2.62. The molecule has 0 heterocycles. The summed E-state index contributed by atoms with van der Waals surface area (Å²) >= 11 is 0. The maximum Gasteiger partial charge on any atom is 0.146 e. The molecule has 1 fully saturated rings. The van der Waals surface area contributed by atoms with Crippen LogP contribution in [-0.4, -0.2) is 39.8 Å². The SMILES string of the molecule is CNC(C1CCCCC1)C(CF)OCOC. The summed E-state index contributed by atoms with van der Waals surface area (Å²) in [5.41, 5.74) is 0. The molecule has 96 valence electrons. The standard InChI is InChI=1S/C12H24FNO2/c1-14-12(10-6-4-3-5-7-10)11(8-13)16-9-15-2/h10-12,14H,3-9H2,1-2H3. The largest absolute Gasteiger partial charge is 0.359 e. The maximum atomic E-state index is 13.0. The molecule has 4 heteroatoms. The Hall–Kier alpha value is -0.190. The first-order valence-corrected chi connectivity index (χ1v) is 6.17. The monoisotopic (exact) mass is 233 g/mol. The van der Waals surface area contributed by atoms with Crippen molar-refractivity contribution in [2.24, 2.45) is 5.92 Å². The third-order valence-electron chi connectivity index (χ3n) is 3.44. The van der Waals surface area contributed by atoms with E-state index in [1.54, 1.807) is 7.11 Å². The van der Waals surface area contributed by atoms with Gasteiger partial charge in [-0.25, -0.2) is 4.39 Å². The lowest BCUT2D eigenvalue weighted by Crippen LogP contribution is -2.47. The normalized spacial score (nSPS) is 21.9. The summed E-state index contributed by atoms with van der Waals surface area (Å²) in [7, 11) is 3.45. The van der Waals surface area contributed by atoms with Crippen LogP contribution in [0.1, 0.15) is 32.1 Å². The van der Waals surface area contributed by atoms with Crippen LogP contribution in [0.4, 0.5) is 4.39 Å². The van der Waals surface area contributed by atoms with E-state index in [0.29, 0.717) is 5.92 Å². The van der Waals surface area contributed by atoms with Gasteiger partial charge in [0.2, 0.25) is 0 Å². The topological polar surface area (TPSA) is 30.5 Å². The fourth-order valence-electron chi connectivity index (χ4n) is 2.62. The molecule has 0 aliphatic heterocycles. The minimum atomic E-state index is -0.453. The Morgan fingerprint density at radius 2 is 2.00 bits per heavy atom. The van der Waals surface area contributed by atoms with Crippen molar-refractivity contribution in [1.29, 1.82) is 0 Å². The van der Waals surface area contributed by atoms with E-state index in [9.17, 15) is 4.39 Å². The number of methoxy groups -OCH3 is 1. The zero-order chi connectivity index (χ0) is 11.8. The van der Waals surface area contributed by atoms with Crippen molar-refractivity contribution in [3.8, 4) is 0 Å². The van der Waals surface area contributed by atoms with Crippen LogP contribution >= 0.6 is 0 Å². The van der Waals surface area contributed by atoms with Gasteiger partial charge in [-0.2, -0.15) is 0 Å². The molecule has 0 amide bonds. The molecule has 0 spiro atoms. The number of rotatable bonds is 7. The van der Waals surface area contributed by atoms with Gasteiger partial charge in [0.15, 0.2) is 0 Å². The van der Waals surface area contributed by atoms with Gasteiger partial charge in [-0.1, -0.05) is 19.3 Å². The van der Waals surface area contributed by atoms with E-state index in [-0.39, 0.29) is 18.9 Å². The molecule has 1 N–H and O–H groups in total. The van der Waals surface area contributed by atoms with E-state index in [1.807, 2.05) is 7.05 Å². The second-order valence-corrected chi connectivity index (χ2v) is 4.48. The lowest BCUT2D eigenvalue weighted by Gasteiger charge is -2.34. The van der Waals surface area contributed by atoms with Crippen LogP contribution in [0.2, 0.25) is 0 Å². The Morgan fingerprint density at radius 1 is 1.31 bits per heavy atom. The molecule has 0 aromatic rings. The fraction of sp³-hybridized carbons (Fsp3) is 1.00. The van der Waals surface area contributed by atoms with Gasteiger partial charge in [0.1, 0.15) is 19.6 Å². The molecule has 2 atom stereocenters. The molecular weight excluding hydrogens is 209 g/mol. The van der Waals surface area contributed by atoms with Gasteiger partial charge in [-0.3, -0.25) is 0 Å². The van der Waals surface area contributed by atoms with Crippen LogP contribution in [0.5, 0.6) is 0 Å². The molecule has 2 unspecified atom stereocenters. The molecule has 1 rings (SSSR count). The van der Waals surface area contributed by atoms with E-state index < -0.39 is 6.67 Å². The number of halogens is 1. The lowest BCUT2D eigenvalue weighted by atomic mass is 9.82. The summed E-state index contributed by atoms with van der Waals surface area (Å²) < 4.78 is 23.2. The minimum absolute atomic E-state index is 0.112. The van der Waals surface area contributed by atoms with E-state index in [2.05, 4.69) is 5.32 Å². The smallest absolute Gasteiger partial charge is 0.146 e. The third-order valence-corrected chi connectivity index (χ3v) is 3.44. The van der Waals surface area contributed by atoms with Crippen LogP contribution in [0.25, 0.3) is 0 Å². The van der Waals surface area contributed by atoms with Crippen molar-refractivity contribution < 1.29 is 13.9 Å². The highest BCUT2D eigenvalue weighted by Crippen LogP contribution is 2.28. The zero-order valence-electron chi connectivity index (χ0n) is 10.4. The van der Waals surface area contributed by atoms with Crippen LogP contribution in [0.15, 0.2) is 0 Å². The number of nitrogens with one attached hydrogen (secondary N) is 1. The molecule has 16 heavy (non-hydrogen) atoms. The Kier molecular flexibility index (Phi) is 6.92. The van der Waals surface area contributed by atoms with Gasteiger partial charge in [0, 0.05) is 13.2 Å². The highest BCUT2D eigenvalue weighted by molar-refractivity contribution is 4.84. The average Bonchev–Trinajstić information content (AvgIpc) is 2.35. The van der Waals surface area contributed by atoms with Crippen molar-refractivity contribution in [3.63, 3.8) is 0 Å². The summed E-state index contributed by atoms with van der Waals surface area (Å²) in [4.78, 5) is 0. The predicted octanol–water partition coefficient (Wildman–Crippen LogP) is 2.11. The zero-order valence-corrected chi connectivity index (χ0v) is 10.4. The summed E-state index contributed by atoms with van der Waals surface area (Å²) in [5.74, 6) is 0.538. The molecule has 0 saturated heterocycles. The second-order valence-electron chi connectivity index (χ2n) is 4.48. The van der Waals surface area contributed by atoms with Crippen molar-refractivity contribution in [2.75, 3.05) is 27.6 Å². The Balaban J connectivity index is 2.47. The maximum absolute atomic E-state index is 13.0. The van der Waals surface area contributed by atoms with Crippen LogP contribution in [0, 0.1) is 5.92 Å². The Morgan fingerprint density at radius 3 is 2.50 bits per heavy atom. The van der Waals surface area contributed by atoms with Crippen molar-refractivity contribution in [1.82, 2.24) is 5.32 Å². The van der Waals surface area contributed by atoms with Crippen LogP contribution < -0.4 is 5.32 Å². The molecule has 3 nitrogen and oxygen atoms in total. The van der Waals surface area contributed by atoms with E-state index >= 15 is 0 Å². The molecule has 0 aromatic heterocycles. The number of likely N-dealkylation sites (N-methyl/N-ethyl adjacent to an activating group) is 1. The number of ether oxygens (including phenoxy) is 2. The number of hydrogen-bond donors (Lipinski definition) is 1. The quantitative estimate of drug-likeness (QED) is 0.683. The van der Waals surface area contributed by atoms with Crippen molar-refractivity contribution in [3.05, 3.63) is 0 Å². The van der Waals surface area contributed by atoms with E-state index in [1.165, 1.54) is 32.1 Å². The van der Waals surface area contributed by atoms with Crippen molar-refractivity contribution in [2.45, 2.75) is 44.2 Å². The summed E-state index contributed by atoms with van der Waals surface area (Å²) in [6.45, 7) is -0.287. The van der Waals surface area contributed by atoms with Gasteiger partial charge in [0.25, 0.3) is 0 Å². The van der Waals surface area contributed by atoms with Gasteiger partial charge in [-0.05, 0) is 25.8 Å². The lowest BCUT2D eigenvalue weighted by molar-refractivity contribution is -0.0970. The summed E-state index contributed by atoms with van der Waals surface area (Å²) in [6, 6.07) is 0.112. The minimum Gasteiger partial charge on any atom is -0.359 e. The average molecular weight is 233 g/mol. The van der Waals surface area contributed by atoms with Crippen molar-refractivity contribution >= 4 is 0 Å². The van der Waals surface area contributed by atoms with Crippen LogP contribution in [0.3, 0.4) is 0 Å². The number of alkyl halides is 1. The molecular formula is C12H24FNO2. The summed E-state index contributed by atoms with van der Waals surface area (Å²) in [5, 5.41) is 3.21. The molecule has 1 aliphatic carbocycles. The first kappa shape index (κ1) is 13.9. The molecule has 1 saturated carbocycles. The number of hydrogen-bond acceptors (Lipinski definition) is 3. The van der Waals surface area contributed by atoms with Gasteiger partial charge in [-0.15, -0.1) is 0 Å². The van der Waals surface area contributed by atoms with E-state index in [4.69, 9.17) is 9.47 Å². The van der Waals surface area contributed by atoms with Gasteiger partial charge in [0.05, 0.1) is 0 Å². The molecule has 1 aliphatic rings. The third kappa shape index (κ3) is 4.00. The summed E-state index contributed by atoms with van der Waals surface area (Å²) in [6.07, 6.45) is 5.80. The highest BCUT2D eigenvalue weighted by Gasteiger charge is 2.30. The van der Waals surface area contributed by atoms with E-state index in [0.717, 1.165) is 0 Å². The Labute approximate surface area is 97.7 Å². The predicted molar refractivity (Wildman–Crippen MR) is 62.1 cm³/mol. The molecule has 0 radical (unpaired) electrons. The molecule has 0 aromatic carbocycles. The second kappa shape index (κ2) is 7.98. The van der Waals surface area contributed by atoms with Gasteiger partial charge >= 0.3 is 0 Å². The molecule has 0 bridgehead atoms. The first-order chi connectivity index (χ1) is 7.83. The first-order valence-electron chi connectivity index (χ1n) is 6.17. The highest BCUT2D eigenvalue weighted by atomic mass is 19.1. The Bertz CT molecular complexity index is 174. The van der Waals surface area contributed by atoms with Gasteiger partial charge < -0.3 is 14.8 Å².